The van der Waals surface area contributed by atoms with Crippen LogP contribution >= 0.6 is 0 Å². The zero-order valence-corrected chi connectivity index (χ0v) is 10.5. The normalized spacial score (nSPS) is 10.6. The summed E-state index contributed by atoms with van der Waals surface area (Å²) in [6, 6.07) is 0. The van der Waals surface area contributed by atoms with Crippen molar-refractivity contribution in [2.45, 2.75) is 26.3 Å². The third kappa shape index (κ3) is 5.29. The minimum atomic E-state index is -1.10. The van der Waals surface area contributed by atoms with E-state index in [4.69, 9.17) is 0 Å². The van der Waals surface area contributed by atoms with Gasteiger partial charge in [-0.05, 0) is 20.8 Å². The number of nitrogens with zero attached hydrogens (tertiary/aromatic N) is 1. The first-order valence-corrected chi connectivity index (χ1v) is 5.13. The molecule has 0 heterocycles. The molecule has 0 aliphatic heterocycles. The summed E-state index contributed by atoms with van der Waals surface area (Å²) in [5.74, 6) is -2.73. The van der Waals surface area contributed by atoms with Crippen molar-refractivity contribution in [1.82, 2.24) is 4.90 Å². The summed E-state index contributed by atoms with van der Waals surface area (Å²) < 4.78 is 16.7. The Bertz CT molecular complexity index is 331. The summed E-state index contributed by atoms with van der Waals surface area (Å²) in [4.78, 5) is 24.4. The van der Waals surface area contributed by atoms with Crippen LogP contribution in [0.1, 0.15) is 20.8 Å². The molecular weight excluding hydrogens is 225 g/mol. The van der Waals surface area contributed by atoms with Crippen molar-refractivity contribution < 1.29 is 18.7 Å². The fourth-order valence-electron chi connectivity index (χ4n) is 1.11. The Hall–Kier alpha value is -1.65. The molecule has 4 nitrogen and oxygen atoms in total. The molecule has 0 saturated heterocycles. The van der Waals surface area contributed by atoms with Crippen LogP contribution in [0.3, 0.4) is 0 Å². The van der Waals surface area contributed by atoms with Crippen LogP contribution in [0.4, 0.5) is 4.39 Å². The summed E-state index contributed by atoms with van der Waals surface area (Å²) in [5.41, 5.74) is -0.545. The Morgan fingerprint density at radius 1 is 1.41 bits per heavy atom. The van der Waals surface area contributed by atoms with E-state index in [0.717, 1.165) is 0 Å². The van der Waals surface area contributed by atoms with Crippen molar-refractivity contribution in [1.29, 1.82) is 0 Å². The van der Waals surface area contributed by atoms with Gasteiger partial charge in [-0.1, -0.05) is 12.7 Å². The van der Waals surface area contributed by atoms with Crippen LogP contribution in [-0.4, -0.2) is 35.5 Å². The van der Waals surface area contributed by atoms with Gasteiger partial charge in [0.2, 0.25) is 0 Å². The quantitative estimate of drug-likeness (QED) is 0.430. The highest BCUT2D eigenvalue weighted by atomic mass is 19.1. The predicted molar refractivity (Wildman–Crippen MR) is 62.9 cm³/mol. The van der Waals surface area contributed by atoms with E-state index >= 15 is 0 Å². The number of carbonyl (C=O) groups excluding carboxylic acids is 2. The minimum absolute atomic E-state index is 0.216. The summed E-state index contributed by atoms with van der Waals surface area (Å²) in [6.07, 6.45) is 1.50. The lowest BCUT2D eigenvalue weighted by molar-refractivity contribution is -0.162. The van der Waals surface area contributed by atoms with Gasteiger partial charge in [-0.15, -0.1) is 6.58 Å². The zero-order chi connectivity index (χ0) is 13.6. The van der Waals surface area contributed by atoms with Crippen molar-refractivity contribution in [3.63, 3.8) is 0 Å². The molecule has 0 aliphatic carbocycles. The largest absolute Gasteiger partial charge is 0.451 e. The molecule has 0 bridgehead atoms. The first-order chi connectivity index (χ1) is 7.70. The lowest BCUT2D eigenvalue weighted by atomic mass is 10.1. The molecule has 1 amide bonds. The van der Waals surface area contributed by atoms with Gasteiger partial charge in [-0.25, -0.2) is 9.18 Å². The maximum absolute atomic E-state index is 12.3. The smallest absolute Gasteiger partial charge is 0.397 e. The number of hydrogen-bond acceptors (Lipinski definition) is 3. The first kappa shape index (κ1) is 15.3. The van der Waals surface area contributed by atoms with Gasteiger partial charge in [0.1, 0.15) is 12.4 Å². The SMILES string of the molecule is C=CCN(C(=O)C(=O)OCC(=C)F)C(C)(C)C. The first-order valence-electron chi connectivity index (χ1n) is 5.13. The molecule has 0 fully saturated rings. The standard InChI is InChI=1S/C12H18FNO3/c1-6-7-14(12(3,4)5)10(15)11(16)17-8-9(2)13/h6H,1-2,7-8H2,3-5H3. The van der Waals surface area contributed by atoms with E-state index in [0.29, 0.717) is 0 Å². The highest BCUT2D eigenvalue weighted by Gasteiger charge is 2.31. The van der Waals surface area contributed by atoms with Crippen LogP contribution in [0.5, 0.6) is 0 Å². The summed E-state index contributed by atoms with van der Waals surface area (Å²) in [7, 11) is 0. The van der Waals surface area contributed by atoms with Crippen molar-refractivity contribution in [3.8, 4) is 0 Å². The third-order valence-electron chi connectivity index (χ3n) is 1.90. The average Bonchev–Trinajstić information content (AvgIpc) is 2.19. The zero-order valence-electron chi connectivity index (χ0n) is 10.5. The Morgan fingerprint density at radius 2 is 1.94 bits per heavy atom. The lowest BCUT2D eigenvalue weighted by Crippen LogP contribution is -2.49. The number of carbonyl (C=O) groups is 2. The molecular formula is C12H18FNO3. The second-order valence-electron chi connectivity index (χ2n) is 4.47. The fourth-order valence-corrected chi connectivity index (χ4v) is 1.11. The van der Waals surface area contributed by atoms with Gasteiger partial charge in [0.05, 0.1) is 0 Å². The summed E-state index contributed by atoms with van der Waals surface area (Å²) in [6.45, 7) is 11.4. The minimum Gasteiger partial charge on any atom is -0.451 e. The molecule has 0 aromatic heterocycles. The number of esters is 1. The van der Waals surface area contributed by atoms with Crippen molar-refractivity contribution in [3.05, 3.63) is 25.1 Å². The van der Waals surface area contributed by atoms with E-state index < -0.39 is 29.8 Å². The van der Waals surface area contributed by atoms with E-state index in [9.17, 15) is 14.0 Å². The lowest BCUT2D eigenvalue weighted by Gasteiger charge is -2.33. The van der Waals surface area contributed by atoms with Crippen LogP contribution < -0.4 is 0 Å². The Kier molecular flexibility index (Phi) is 5.58. The summed E-state index contributed by atoms with van der Waals surface area (Å²) >= 11 is 0. The van der Waals surface area contributed by atoms with Crippen molar-refractivity contribution >= 4 is 11.9 Å². The number of amides is 1. The van der Waals surface area contributed by atoms with E-state index in [1.807, 2.05) is 0 Å². The van der Waals surface area contributed by atoms with Gasteiger partial charge in [0.15, 0.2) is 0 Å². The molecule has 0 N–H and O–H groups in total. The molecule has 17 heavy (non-hydrogen) atoms. The molecule has 0 aromatic carbocycles. The van der Waals surface area contributed by atoms with Gasteiger partial charge in [0.25, 0.3) is 0 Å². The molecule has 0 unspecified atom stereocenters. The fraction of sp³-hybridized carbons (Fsp3) is 0.500. The van der Waals surface area contributed by atoms with Gasteiger partial charge in [-0.3, -0.25) is 4.79 Å². The van der Waals surface area contributed by atoms with E-state index in [1.165, 1.54) is 11.0 Å². The van der Waals surface area contributed by atoms with E-state index in [1.54, 1.807) is 20.8 Å². The van der Waals surface area contributed by atoms with Crippen LogP contribution in [0.15, 0.2) is 25.1 Å². The Labute approximate surface area is 101 Å². The van der Waals surface area contributed by atoms with Crippen LogP contribution in [0.25, 0.3) is 0 Å². The second kappa shape index (κ2) is 6.18. The monoisotopic (exact) mass is 243 g/mol. The third-order valence-corrected chi connectivity index (χ3v) is 1.90. The topological polar surface area (TPSA) is 46.6 Å². The summed E-state index contributed by atoms with van der Waals surface area (Å²) in [5, 5.41) is 0. The number of hydrogen-bond donors (Lipinski definition) is 0. The molecule has 0 aliphatic rings. The van der Waals surface area contributed by atoms with Crippen molar-refractivity contribution in [2.75, 3.05) is 13.2 Å². The maximum atomic E-state index is 12.3. The van der Waals surface area contributed by atoms with Gasteiger partial charge >= 0.3 is 11.9 Å². The number of halogens is 1. The van der Waals surface area contributed by atoms with E-state index in [-0.39, 0.29) is 6.54 Å². The molecule has 0 radical (unpaired) electrons. The molecule has 0 spiro atoms. The number of rotatable bonds is 4. The highest BCUT2D eigenvalue weighted by molar-refractivity contribution is 6.32. The second-order valence-corrected chi connectivity index (χ2v) is 4.47. The van der Waals surface area contributed by atoms with Gasteiger partial charge < -0.3 is 9.64 Å². The Balaban J connectivity index is 4.67. The molecule has 96 valence electrons. The molecule has 0 atom stereocenters. The van der Waals surface area contributed by atoms with Crippen LogP contribution in [-0.2, 0) is 14.3 Å². The highest BCUT2D eigenvalue weighted by Crippen LogP contribution is 2.14. The van der Waals surface area contributed by atoms with Gasteiger partial charge in [-0.2, -0.15) is 0 Å². The molecule has 0 saturated carbocycles. The average molecular weight is 243 g/mol. The van der Waals surface area contributed by atoms with E-state index in [2.05, 4.69) is 17.9 Å². The number of ether oxygens (including phenoxy) is 1. The molecule has 0 rings (SSSR count). The van der Waals surface area contributed by atoms with Crippen molar-refractivity contribution in [2.24, 2.45) is 0 Å². The maximum Gasteiger partial charge on any atom is 0.397 e. The van der Waals surface area contributed by atoms with Gasteiger partial charge in [0, 0.05) is 12.1 Å². The van der Waals surface area contributed by atoms with Crippen LogP contribution in [0, 0.1) is 0 Å². The Morgan fingerprint density at radius 3 is 2.29 bits per heavy atom. The molecule has 5 heteroatoms. The molecule has 0 aromatic rings. The predicted octanol–water partition coefficient (Wildman–Crippen LogP) is 1.83. The van der Waals surface area contributed by atoms with Crippen LogP contribution in [0.2, 0.25) is 0 Å².